The van der Waals surface area contributed by atoms with Crippen molar-refractivity contribution in [1.29, 1.82) is 0 Å². The van der Waals surface area contributed by atoms with Gasteiger partial charge in [0.15, 0.2) is 93.4 Å². The maximum atomic E-state index is 14.7. The smallest absolute Gasteiger partial charge is 0.338 e. The molecule has 11 rings (SSSR count). The lowest BCUT2D eigenvalue weighted by Gasteiger charge is -2.44. The number of phenolic OH excluding ortho intramolecular Hbond substituents is 18. The van der Waals surface area contributed by atoms with Gasteiger partial charge in [-0.3, -0.25) is 0 Å². The number of hydrogen-bond donors (Lipinski definition) is 19. The third-order valence-electron chi connectivity index (χ3n) is 14.9. The molecule has 3 heterocycles. The number of carbonyl (C=O) groups excluding carboxylic acids is 2. The minimum absolute atomic E-state index is 0.0411. The molecule has 0 fully saturated rings. The number of fused-ring (bicyclic) bond motifs is 3. The molecule has 3 aliphatic rings. The molecule has 438 valence electrons. The van der Waals surface area contributed by atoms with E-state index in [9.17, 15) is 107 Å². The van der Waals surface area contributed by atoms with Crippen molar-refractivity contribution in [1.82, 2.24) is 0 Å². The molecule has 0 aliphatic carbocycles. The van der Waals surface area contributed by atoms with Gasteiger partial charge in [-0.1, -0.05) is 18.2 Å². The third-order valence-corrected chi connectivity index (χ3v) is 14.9. The lowest BCUT2D eigenvalue weighted by molar-refractivity contribution is -0.0317. The lowest BCUT2D eigenvalue weighted by Crippen LogP contribution is -2.41. The predicted octanol–water partition coefficient (Wildman–Crippen LogP) is 6.41. The molecule has 0 bridgehead atoms. The highest BCUT2D eigenvalue weighted by Gasteiger charge is 2.53. The summed E-state index contributed by atoms with van der Waals surface area (Å²) in [5.41, 5.74) is -4.05. The molecule has 26 heteroatoms. The summed E-state index contributed by atoms with van der Waals surface area (Å²) in [6.07, 6.45) is -11.8. The van der Waals surface area contributed by atoms with Gasteiger partial charge in [0.2, 0.25) is 0 Å². The second-order valence-corrected chi connectivity index (χ2v) is 20.1. The zero-order valence-electron chi connectivity index (χ0n) is 43.0. The first-order chi connectivity index (χ1) is 40.3. The lowest BCUT2D eigenvalue weighted by atomic mass is 9.73. The molecule has 0 spiro atoms. The molecule has 0 radical (unpaired) electrons. The normalized spacial score (nSPS) is 20.3. The van der Waals surface area contributed by atoms with Crippen LogP contribution in [0.25, 0.3) is 0 Å². The van der Waals surface area contributed by atoms with E-state index in [0.29, 0.717) is 18.2 Å². The average Bonchev–Trinajstić information content (AvgIpc) is 1.99. The van der Waals surface area contributed by atoms with Crippen LogP contribution in [0.2, 0.25) is 0 Å². The SMILES string of the molecule is O=C(OC1Cc2c(O)cc(O)c(C3c4c(O)cc(O)c(C5c6c(O)cc(O)cc6OC(c6ccc(O)c(O)c6)C5O)c4OC(c4ccc(O)c(O)c4)C3OC(=O)c3cc(O)c(O)c(O)c3)c2OC1c1ccc(O)c(O)c1)c1cc(O)c(O)c(O)c1. The molecule has 0 saturated carbocycles. The van der Waals surface area contributed by atoms with Crippen molar-refractivity contribution in [2.24, 2.45) is 0 Å². The molecule has 19 N–H and O–H groups in total. The van der Waals surface area contributed by atoms with Crippen molar-refractivity contribution in [2.45, 2.75) is 54.9 Å². The van der Waals surface area contributed by atoms with Gasteiger partial charge in [0.05, 0.1) is 23.0 Å². The van der Waals surface area contributed by atoms with E-state index in [0.717, 1.165) is 72.8 Å². The number of rotatable bonds is 9. The molecule has 8 aromatic rings. The van der Waals surface area contributed by atoms with Crippen LogP contribution in [-0.2, 0) is 15.9 Å². The van der Waals surface area contributed by atoms with E-state index in [-0.39, 0.29) is 33.6 Å². The van der Waals surface area contributed by atoms with E-state index in [1.54, 1.807) is 0 Å². The number of esters is 2. The molecular weight excluding hydrogens is 1120 g/mol. The van der Waals surface area contributed by atoms with Crippen molar-refractivity contribution in [3.63, 3.8) is 0 Å². The summed E-state index contributed by atoms with van der Waals surface area (Å²) < 4.78 is 31.7. The maximum Gasteiger partial charge on any atom is 0.338 e. The second-order valence-electron chi connectivity index (χ2n) is 20.1. The summed E-state index contributed by atoms with van der Waals surface area (Å²) in [6.45, 7) is 0. The first-order valence-electron chi connectivity index (χ1n) is 25.2. The van der Waals surface area contributed by atoms with E-state index in [1.165, 1.54) is 12.1 Å². The van der Waals surface area contributed by atoms with Crippen LogP contribution in [0.1, 0.15) is 95.4 Å². The fourth-order valence-corrected chi connectivity index (χ4v) is 11.0. The van der Waals surface area contributed by atoms with Crippen LogP contribution in [0.5, 0.6) is 121 Å². The monoisotopic (exact) mass is 1170 g/mol. The van der Waals surface area contributed by atoms with Crippen LogP contribution in [-0.4, -0.2) is 127 Å². The van der Waals surface area contributed by atoms with Gasteiger partial charge in [0, 0.05) is 69.6 Å². The highest BCUT2D eigenvalue weighted by atomic mass is 16.6. The van der Waals surface area contributed by atoms with Crippen molar-refractivity contribution in [2.75, 3.05) is 0 Å². The van der Waals surface area contributed by atoms with Gasteiger partial charge in [-0.05, 0) is 66.2 Å². The van der Waals surface area contributed by atoms with Crippen LogP contribution < -0.4 is 14.2 Å². The number of ether oxygens (including phenoxy) is 5. The van der Waals surface area contributed by atoms with E-state index in [4.69, 9.17) is 23.7 Å². The Balaban J connectivity index is 1.19. The number of aliphatic hydroxyl groups is 1. The maximum absolute atomic E-state index is 14.7. The van der Waals surface area contributed by atoms with Gasteiger partial charge < -0.3 is 121 Å². The highest BCUT2D eigenvalue weighted by molar-refractivity contribution is 5.92. The Kier molecular flexibility index (Phi) is 13.3. The van der Waals surface area contributed by atoms with Gasteiger partial charge in [-0.15, -0.1) is 0 Å². The largest absolute Gasteiger partial charge is 0.508 e. The minimum atomic E-state index is -2.15. The molecular formula is C59H46O26. The Morgan fingerprint density at radius 1 is 0.376 bits per heavy atom. The van der Waals surface area contributed by atoms with Crippen molar-refractivity contribution >= 4 is 11.9 Å². The van der Waals surface area contributed by atoms with Gasteiger partial charge in [-0.2, -0.15) is 0 Å². The number of carbonyl (C=O) groups is 2. The van der Waals surface area contributed by atoms with E-state index in [1.807, 2.05) is 0 Å². The van der Waals surface area contributed by atoms with Crippen LogP contribution in [0.3, 0.4) is 0 Å². The van der Waals surface area contributed by atoms with E-state index in [2.05, 4.69) is 0 Å². The molecule has 0 saturated heterocycles. The molecule has 26 nitrogen and oxygen atoms in total. The molecule has 0 amide bonds. The quantitative estimate of drug-likeness (QED) is 0.0548. The fraction of sp³-hybridized carbons (Fsp3) is 0.153. The average molecular weight is 1170 g/mol. The second kappa shape index (κ2) is 20.5. The summed E-state index contributed by atoms with van der Waals surface area (Å²) >= 11 is 0. The first kappa shape index (κ1) is 55.4. The Morgan fingerprint density at radius 2 is 0.800 bits per heavy atom. The van der Waals surface area contributed by atoms with Crippen molar-refractivity contribution < 1.29 is 130 Å². The summed E-state index contributed by atoms with van der Waals surface area (Å²) in [5.74, 6) is -23.5. The molecule has 3 aliphatic heterocycles. The van der Waals surface area contributed by atoms with E-state index < -0.39 is 210 Å². The summed E-state index contributed by atoms with van der Waals surface area (Å²) in [6, 6.07) is 15.8. The fourth-order valence-electron chi connectivity index (χ4n) is 11.0. The predicted molar refractivity (Wildman–Crippen MR) is 283 cm³/mol. The third kappa shape index (κ3) is 9.42. The minimum Gasteiger partial charge on any atom is -0.508 e. The Bertz CT molecular complexity index is 4060. The Morgan fingerprint density at radius 3 is 1.31 bits per heavy atom. The molecule has 0 aromatic heterocycles. The first-order valence-corrected chi connectivity index (χ1v) is 25.2. The Hall–Kier alpha value is -11.5. The number of benzene rings is 8. The van der Waals surface area contributed by atoms with Crippen molar-refractivity contribution in [3.05, 3.63) is 159 Å². The standard InChI is InChI=1S/C59H46O26/c60-24-14-33(68)43-41(15-24)81-53(20-2-5-27(62)31(66)8-20)51(78)47(43)44-35(70)18-36(71)46-48(57(85-59(80)23-12-39(74)50(77)40(75)13-23)54(84-56(44)46)21-3-6-28(63)32(67)9-21)45-34(69)17-29(64)25-16-42(82-58(79)22-10-37(72)49(76)38(73)11-22)52(83-55(25)45)19-1-4-26(61)30(65)7-19/h1-15,17-18,42,47-48,51-54,57,60-78H,16H2. The Labute approximate surface area is 475 Å². The van der Waals surface area contributed by atoms with E-state index >= 15 is 0 Å². The highest BCUT2D eigenvalue weighted by Crippen LogP contribution is 2.63. The van der Waals surface area contributed by atoms with Crippen LogP contribution in [0.4, 0.5) is 0 Å². The zero-order chi connectivity index (χ0) is 60.9. The molecule has 8 aromatic carbocycles. The number of aromatic hydroxyl groups is 18. The van der Waals surface area contributed by atoms with Crippen LogP contribution in [0, 0.1) is 0 Å². The van der Waals surface area contributed by atoms with Crippen molar-refractivity contribution in [3.8, 4) is 121 Å². The molecule has 8 atom stereocenters. The van der Waals surface area contributed by atoms with Crippen LogP contribution >= 0.6 is 0 Å². The zero-order valence-corrected chi connectivity index (χ0v) is 43.0. The number of phenols is 18. The topological polar surface area (TPSA) is 465 Å². The van der Waals surface area contributed by atoms with Gasteiger partial charge in [0.25, 0.3) is 0 Å². The van der Waals surface area contributed by atoms with Gasteiger partial charge >= 0.3 is 11.9 Å². The number of aliphatic hydroxyl groups excluding tert-OH is 1. The summed E-state index contributed by atoms with van der Waals surface area (Å²) in [7, 11) is 0. The van der Waals surface area contributed by atoms with Gasteiger partial charge in [-0.25, -0.2) is 9.59 Å². The summed E-state index contributed by atoms with van der Waals surface area (Å²) in [4.78, 5) is 28.6. The number of hydrogen-bond acceptors (Lipinski definition) is 26. The summed E-state index contributed by atoms with van der Waals surface area (Å²) in [5, 5.41) is 210. The van der Waals surface area contributed by atoms with Crippen LogP contribution in [0.15, 0.2) is 103 Å². The molecule has 8 unspecified atom stereocenters. The molecule has 85 heavy (non-hydrogen) atoms. The van der Waals surface area contributed by atoms with Gasteiger partial charge in [0.1, 0.15) is 64.0 Å².